The molecule has 2 aromatic rings. The van der Waals surface area contributed by atoms with Crippen LogP contribution in [0.1, 0.15) is 29.4 Å². The van der Waals surface area contributed by atoms with E-state index in [4.69, 9.17) is 0 Å². The first kappa shape index (κ1) is 16.4. The van der Waals surface area contributed by atoms with Crippen LogP contribution in [0, 0.1) is 11.3 Å². The highest BCUT2D eigenvalue weighted by Gasteiger charge is 2.23. The van der Waals surface area contributed by atoms with Crippen LogP contribution in [-0.4, -0.2) is 34.8 Å². The maximum atomic E-state index is 12.4. The molecule has 1 N–H and O–H groups in total. The average molecular weight is 341 g/mol. The number of benzene rings is 1. The lowest BCUT2D eigenvalue weighted by molar-refractivity contribution is 0.102. The number of carbonyl (C=O) groups excluding carboxylic acids is 1. The fourth-order valence-electron chi connectivity index (χ4n) is 2.69. The molecule has 0 aliphatic carbocycles. The van der Waals surface area contributed by atoms with Gasteiger partial charge >= 0.3 is 0 Å². The van der Waals surface area contributed by atoms with Crippen LogP contribution in [0.5, 0.6) is 0 Å². The molecule has 0 atom stereocenters. The summed E-state index contributed by atoms with van der Waals surface area (Å²) in [7, 11) is 2.03. The summed E-state index contributed by atoms with van der Waals surface area (Å²) in [5.41, 5.74) is 2.04. The van der Waals surface area contributed by atoms with Crippen LogP contribution in [0.2, 0.25) is 0 Å². The van der Waals surface area contributed by atoms with Gasteiger partial charge in [-0.1, -0.05) is 18.7 Å². The van der Waals surface area contributed by atoms with E-state index in [1.165, 1.54) is 0 Å². The van der Waals surface area contributed by atoms with E-state index in [0.717, 1.165) is 36.1 Å². The van der Waals surface area contributed by atoms with Gasteiger partial charge in [-0.05, 0) is 30.7 Å². The first-order chi connectivity index (χ1) is 11.6. The number of fused-ring (bicyclic) bond motifs is 1. The minimum atomic E-state index is -0.252. The Kier molecular flexibility index (Phi) is 4.76. The van der Waals surface area contributed by atoms with Gasteiger partial charge in [0.05, 0.1) is 0 Å². The van der Waals surface area contributed by atoms with Crippen LogP contribution >= 0.6 is 11.8 Å². The first-order valence-electron chi connectivity index (χ1n) is 7.90. The molecule has 1 aromatic carbocycles. The molecule has 0 saturated carbocycles. The van der Waals surface area contributed by atoms with Crippen molar-refractivity contribution >= 4 is 29.2 Å². The third-order valence-corrected chi connectivity index (χ3v) is 4.90. The van der Waals surface area contributed by atoms with Gasteiger partial charge < -0.3 is 14.8 Å². The summed E-state index contributed by atoms with van der Waals surface area (Å²) in [5, 5.41) is 12.9. The van der Waals surface area contributed by atoms with Gasteiger partial charge in [-0.2, -0.15) is 5.26 Å². The largest absolute Gasteiger partial charge is 0.375 e. The van der Waals surface area contributed by atoms with Crippen molar-refractivity contribution in [1.29, 1.82) is 5.26 Å². The molecule has 3 rings (SSSR count). The number of nitrogens with one attached hydrogen (secondary N) is 1. The predicted octanol–water partition coefficient (Wildman–Crippen LogP) is 2.96. The van der Waals surface area contributed by atoms with E-state index < -0.39 is 0 Å². The lowest BCUT2D eigenvalue weighted by Crippen LogP contribution is -2.18. The van der Waals surface area contributed by atoms with Crippen molar-refractivity contribution in [2.45, 2.75) is 25.0 Å². The van der Waals surface area contributed by atoms with Crippen LogP contribution in [-0.2, 0) is 6.54 Å². The number of imidazole rings is 1. The summed E-state index contributed by atoms with van der Waals surface area (Å²) in [6.07, 6.45) is 1.07. The van der Waals surface area contributed by atoms with Crippen molar-refractivity contribution < 1.29 is 4.79 Å². The first-order valence-corrected chi connectivity index (χ1v) is 8.88. The topological polar surface area (TPSA) is 74.0 Å². The Labute approximate surface area is 145 Å². The summed E-state index contributed by atoms with van der Waals surface area (Å²) in [4.78, 5) is 18.9. The van der Waals surface area contributed by atoms with Crippen LogP contribution in [0.15, 0.2) is 29.4 Å². The lowest BCUT2D eigenvalue weighted by Gasteiger charge is -2.18. The van der Waals surface area contributed by atoms with E-state index in [1.807, 2.05) is 23.7 Å². The van der Waals surface area contributed by atoms with Crippen molar-refractivity contribution in [3.8, 4) is 6.07 Å². The number of carbonyl (C=O) groups is 1. The van der Waals surface area contributed by atoms with E-state index in [2.05, 4.69) is 28.2 Å². The van der Waals surface area contributed by atoms with Gasteiger partial charge in [0, 0.05) is 37.1 Å². The van der Waals surface area contributed by atoms with Crippen LogP contribution < -0.4 is 10.2 Å². The summed E-state index contributed by atoms with van der Waals surface area (Å²) in [6.45, 7) is 3.85. The molecule has 2 heterocycles. The zero-order valence-corrected chi connectivity index (χ0v) is 14.6. The molecule has 0 radical (unpaired) electrons. The molecule has 124 valence electrons. The number of rotatable bonds is 5. The summed E-state index contributed by atoms with van der Waals surface area (Å²) in [5.74, 6) is 1.01. The number of nitriles is 1. The Morgan fingerprint density at radius 1 is 1.46 bits per heavy atom. The second kappa shape index (κ2) is 6.97. The lowest BCUT2D eigenvalue weighted by atomic mass is 10.2. The quantitative estimate of drug-likeness (QED) is 0.905. The Hall–Kier alpha value is -2.46. The van der Waals surface area contributed by atoms with Crippen molar-refractivity contribution in [2.75, 3.05) is 29.6 Å². The zero-order valence-electron chi connectivity index (χ0n) is 13.7. The molecule has 1 aromatic heterocycles. The maximum absolute atomic E-state index is 12.4. The van der Waals surface area contributed by atoms with Crippen molar-refractivity contribution in [3.63, 3.8) is 0 Å². The highest BCUT2D eigenvalue weighted by Crippen LogP contribution is 2.30. The fraction of sp³-hybridized carbons (Fsp3) is 0.353. The molecular formula is C17H19N5OS. The second-order valence-corrected chi connectivity index (χ2v) is 6.69. The number of hydrogen-bond acceptors (Lipinski definition) is 5. The van der Waals surface area contributed by atoms with E-state index >= 15 is 0 Å². The molecule has 7 heteroatoms. The molecule has 0 bridgehead atoms. The van der Waals surface area contributed by atoms with Crippen LogP contribution in [0.3, 0.4) is 0 Å². The van der Waals surface area contributed by atoms with Crippen LogP contribution in [0.4, 0.5) is 11.5 Å². The third-order valence-electron chi connectivity index (χ3n) is 3.95. The molecule has 1 aliphatic heterocycles. The van der Waals surface area contributed by atoms with E-state index in [9.17, 15) is 10.1 Å². The summed E-state index contributed by atoms with van der Waals surface area (Å²) < 4.78 is 1.85. The summed E-state index contributed by atoms with van der Waals surface area (Å²) in [6, 6.07) is 9.58. The van der Waals surface area contributed by atoms with E-state index in [-0.39, 0.29) is 5.91 Å². The Morgan fingerprint density at radius 2 is 2.21 bits per heavy atom. The van der Waals surface area contributed by atoms with Crippen LogP contribution in [0.25, 0.3) is 0 Å². The normalized spacial score (nSPS) is 12.5. The molecule has 0 unspecified atom stereocenters. The zero-order chi connectivity index (χ0) is 17.1. The van der Waals surface area contributed by atoms with E-state index in [1.54, 1.807) is 23.9 Å². The number of anilines is 2. The monoisotopic (exact) mass is 341 g/mol. The molecule has 0 spiro atoms. The van der Waals surface area contributed by atoms with Gasteiger partial charge in [0.2, 0.25) is 0 Å². The second-order valence-electron chi connectivity index (χ2n) is 5.63. The minimum absolute atomic E-state index is 0.252. The predicted molar refractivity (Wildman–Crippen MR) is 95.6 cm³/mol. The van der Waals surface area contributed by atoms with E-state index in [0.29, 0.717) is 17.1 Å². The Bertz CT molecular complexity index is 791. The number of hydrogen-bond donors (Lipinski definition) is 1. The standard InChI is InChI=1S/C17H19N5OS/c1-3-8-21(2)13-6-4-12(5-7-13)16(23)19-15-14(11-18)22-9-10-24-17(22)20-15/h4-7H,3,8-10H2,1-2H3,(H,19,23). The van der Waals surface area contributed by atoms with Crippen molar-refractivity contribution in [1.82, 2.24) is 9.55 Å². The minimum Gasteiger partial charge on any atom is -0.375 e. The van der Waals surface area contributed by atoms with Gasteiger partial charge in [0.1, 0.15) is 6.07 Å². The van der Waals surface area contributed by atoms with Crippen molar-refractivity contribution in [3.05, 3.63) is 35.5 Å². The van der Waals surface area contributed by atoms with Gasteiger partial charge in [-0.25, -0.2) is 4.98 Å². The molecule has 6 nitrogen and oxygen atoms in total. The third kappa shape index (κ3) is 3.10. The Balaban J connectivity index is 1.75. The highest BCUT2D eigenvalue weighted by molar-refractivity contribution is 7.99. The smallest absolute Gasteiger partial charge is 0.256 e. The van der Waals surface area contributed by atoms with Gasteiger partial charge in [0.15, 0.2) is 16.7 Å². The molecule has 1 amide bonds. The van der Waals surface area contributed by atoms with Crippen molar-refractivity contribution in [2.24, 2.45) is 0 Å². The SMILES string of the molecule is CCCN(C)c1ccc(C(=O)Nc2nc3n(c2C#N)CCS3)cc1. The highest BCUT2D eigenvalue weighted by atomic mass is 32.2. The molecule has 1 aliphatic rings. The number of nitrogens with zero attached hydrogens (tertiary/aromatic N) is 4. The summed E-state index contributed by atoms with van der Waals surface area (Å²) >= 11 is 1.59. The molecule has 0 fully saturated rings. The molecule has 24 heavy (non-hydrogen) atoms. The Morgan fingerprint density at radius 3 is 2.88 bits per heavy atom. The van der Waals surface area contributed by atoms with Gasteiger partial charge in [-0.3, -0.25) is 4.79 Å². The molecule has 0 saturated heterocycles. The fourth-order valence-corrected chi connectivity index (χ4v) is 3.64. The van der Waals surface area contributed by atoms with Gasteiger partial charge in [0.25, 0.3) is 5.91 Å². The average Bonchev–Trinajstić information content (AvgIpc) is 3.15. The van der Waals surface area contributed by atoms with Gasteiger partial charge in [-0.15, -0.1) is 0 Å². The number of aromatic nitrogens is 2. The molecular weight excluding hydrogens is 322 g/mol. The number of thioether (sulfide) groups is 1. The number of amides is 1. The maximum Gasteiger partial charge on any atom is 0.256 e.